The zero-order valence-electron chi connectivity index (χ0n) is 9.75. The van der Waals surface area contributed by atoms with Crippen molar-refractivity contribution in [3.8, 4) is 0 Å². The van der Waals surface area contributed by atoms with Crippen molar-refractivity contribution in [3.63, 3.8) is 0 Å². The van der Waals surface area contributed by atoms with Crippen LogP contribution in [0.25, 0.3) is 0 Å². The predicted octanol–water partition coefficient (Wildman–Crippen LogP) is 2.74. The average Bonchev–Trinajstić information content (AvgIpc) is 1.96. The first-order chi connectivity index (χ1) is 6.38. The van der Waals surface area contributed by atoms with Crippen molar-refractivity contribution in [2.45, 2.75) is 40.8 Å². The van der Waals surface area contributed by atoms with Gasteiger partial charge in [-0.15, -0.1) is 0 Å². The van der Waals surface area contributed by atoms with Gasteiger partial charge >= 0.3 is 12.1 Å². The van der Waals surface area contributed by atoms with Crippen LogP contribution < -0.4 is 5.32 Å². The first-order valence-electron chi connectivity index (χ1n) is 4.73. The zero-order chi connectivity index (χ0) is 12.5. The van der Waals surface area contributed by atoms with Crippen LogP contribution in [0.15, 0.2) is 0 Å². The second-order valence-corrected chi connectivity index (χ2v) is 5.31. The highest BCUT2D eigenvalue weighted by Gasteiger charge is 2.40. The van der Waals surface area contributed by atoms with Crippen molar-refractivity contribution in [1.82, 2.24) is 5.32 Å². The lowest BCUT2D eigenvalue weighted by Crippen LogP contribution is -2.45. The predicted molar refractivity (Wildman–Crippen MR) is 52.3 cm³/mol. The number of amides is 1. The zero-order valence-corrected chi connectivity index (χ0v) is 9.75. The van der Waals surface area contributed by atoms with Crippen LogP contribution >= 0.6 is 0 Å². The minimum atomic E-state index is -4.80. The minimum Gasteiger partial charge on any atom is -0.348 e. The highest BCUT2D eigenvalue weighted by atomic mass is 19.4. The fraction of sp³-hybridized carbons (Fsp3) is 0.900. The summed E-state index contributed by atoms with van der Waals surface area (Å²) in [6, 6.07) is 0. The lowest BCUT2D eigenvalue weighted by atomic mass is 9.69. The van der Waals surface area contributed by atoms with Gasteiger partial charge in [-0.2, -0.15) is 13.2 Å². The number of hydrogen-bond donors (Lipinski definition) is 1. The van der Waals surface area contributed by atoms with E-state index in [2.05, 4.69) is 0 Å². The molecular weight excluding hydrogens is 207 g/mol. The van der Waals surface area contributed by atoms with Crippen LogP contribution in [0.1, 0.15) is 34.6 Å². The van der Waals surface area contributed by atoms with E-state index < -0.39 is 17.5 Å². The van der Waals surface area contributed by atoms with Gasteiger partial charge in [0, 0.05) is 6.54 Å². The number of carbonyl (C=O) groups excluding carboxylic acids is 1. The molecule has 0 atom stereocenters. The Morgan fingerprint density at radius 1 is 1.07 bits per heavy atom. The molecule has 2 nitrogen and oxygen atoms in total. The van der Waals surface area contributed by atoms with Crippen molar-refractivity contribution in [2.75, 3.05) is 6.54 Å². The van der Waals surface area contributed by atoms with Crippen molar-refractivity contribution < 1.29 is 18.0 Å². The van der Waals surface area contributed by atoms with Gasteiger partial charge in [0.1, 0.15) is 0 Å². The first-order valence-corrected chi connectivity index (χ1v) is 4.73. The lowest BCUT2D eigenvalue weighted by molar-refractivity contribution is -0.174. The van der Waals surface area contributed by atoms with Gasteiger partial charge in [0.2, 0.25) is 0 Å². The maximum absolute atomic E-state index is 11.9. The normalized spacial score (nSPS) is 13.9. The number of nitrogens with one attached hydrogen (secondary N) is 1. The van der Waals surface area contributed by atoms with E-state index >= 15 is 0 Å². The number of hydrogen-bond acceptors (Lipinski definition) is 1. The van der Waals surface area contributed by atoms with Gasteiger partial charge in [0.15, 0.2) is 0 Å². The molecule has 0 aliphatic carbocycles. The SMILES string of the molecule is CC(C)(C)C(C)(C)CNC(=O)C(F)(F)F. The summed E-state index contributed by atoms with van der Waals surface area (Å²) in [7, 11) is 0. The van der Waals surface area contributed by atoms with E-state index in [1.165, 1.54) is 0 Å². The van der Waals surface area contributed by atoms with Gasteiger partial charge in [0.25, 0.3) is 0 Å². The molecule has 15 heavy (non-hydrogen) atoms. The molecule has 0 bridgehead atoms. The molecule has 0 radical (unpaired) electrons. The van der Waals surface area contributed by atoms with E-state index in [1.54, 1.807) is 0 Å². The molecule has 1 amide bonds. The van der Waals surface area contributed by atoms with E-state index in [0.29, 0.717) is 0 Å². The van der Waals surface area contributed by atoms with E-state index in [-0.39, 0.29) is 12.0 Å². The van der Waals surface area contributed by atoms with Crippen LogP contribution in [0, 0.1) is 10.8 Å². The van der Waals surface area contributed by atoms with E-state index in [0.717, 1.165) is 0 Å². The molecule has 5 heteroatoms. The fourth-order valence-corrected chi connectivity index (χ4v) is 0.667. The van der Waals surface area contributed by atoms with Crippen molar-refractivity contribution in [2.24, 2.45) is 10.8 Å². The number of carbonyl (C=O) groups is 1. The first kappa shape index (κ1) is 14.3. The van der Waals surface area contributed by atoms with Crippen LogP contribution in [0.3, 0.4) is 0 Å². The largest absolute Gasteiger partial charge is 0.471 e. The van der Waals surface area contributed by atoms with Crippen LogP contribution in [-0.2, 0) is 4.79 Å². The maximum atomic E-state index is 11.9. The van der Waals surface area contributed by atoms with Crippen LogP contribution in [0.5, 0.6) is 0 Å². The number of alkyl halides is 3. The topological polar surface area (TPSA) is 29.1 Å². The summed E-state index contributed by atoms with van der Waals surface area (Å²) in [5.41, 5.74) is -0.570. The summed E-state index contributed by atoms with van der Waals surface area (Å²) in [5.74, 6) is -1.88. The quantitative estimate of drug-likeness (QED) is 0.769. The Morgan fingerprint density at radius 2 is 1.47 bits per heavy atom. The van der Waals surface area contributed by atoms with E-state index in [9.17, 15) is 18.0 Å². The molecule has 0 saturated heterocycles. The Labute approximate surface area is 88.2 Å². The van der Waals surface area contributed by atoms with Gasteiger partial charge in [-0.25, -0.2) is 0 Å². The maximum Gasteiger partial charge on any atom is 0.471 e. The summed E-state index contributed by atoms with van der Waals surface area (Å²) in [6.45, 7) is 9.42. The third-order valence-corrected chi connectivity index (χ3v) is 2.98. The molecule has 90 valence electrons. The molecule has 0 aromatic heterocycles. The van der Waals surface area contributed by atoms with Crippen LogP contribution in [0.2, 0.25) is 0 Å². The summed E-state index contributed by atoms with van der Waals surface area (Å²) in [5, 5.41) is 1.91. The smallest absolute Gasteiger partial charge is 0.348 e. The molecule has 0 fully saturated rings. The molecule has 0 spiro atoms. The molecular formula is C10H18F3NO. The highest BCUT2D eigenvalue weighted by molar-refractivity contribution is 5.81. The second kappa shape index (κ2) is 4.02. The summed E-state index contributed by atoms with van der Waals surface area (Å²) in [6.07, 6.45) is -4.80. The Morgan fingerprint density at radius 3 is 1.73 bits per heavy atom. The minimum absolute atomic E-state index is 0.00877. The van der Waals surface area contributed by atoms with Gasteiger partial charge in [-0.1, -0.05) is 34.6 Å². The van der Waals surface area contributed by atoms with Crippen molar-refractivity contribution >= 4 is 5.91 Å². The molecule has 0 aliphatic rings. The molecule has 0 aromatic rings. The lowest BCUT2D eigenvalue weighted by Gasteiger charge is -2.38. The van der Waals surface area contributed by atoms with Crippen molar-refractivity contribution in [1.29, 1.82) is 0 Å². The molecule has 0 rings (SSSR count). The number of halogens is 3. The Hall–Kier alpha value is -0.740. The van der Waals surface area contributed by atoms with Gasteiger partial charge < -0.3 is 5.32 Å². The third kappa shape index (κ3) is 4.10. The number of rotatable bonds is 2. The summed E-state index contributed by atoms with van der Waals surface area (Å²) >= 11 is 0. The van der Waals surface area contributed by atoms with E-state index in [4.69, 9.17) is 0 Å². The standard InChI is InChI=1S/C10H18F3NO/c1-8(2,3)9(4,5)6-14-7(15)10(11,12)13/h6H2,1-5H3,(H,14,15). The van der Waals surface area contributed by atoms with Gasteiger partial charge in [-0.05, 0) is 10.8 Å². The van der Waals surface area contributed by atoms with E-state index in [1.807, 2.05) is 39.9 Å². The molecule has 0 aromatic carbocycles. The van der Waals surface area contributed by atoms with Gasteiger partial charge in [-0.3, -0.25) is 4.79 Å². The highest BCUT2D eigenvalue weighted by Crippen LogP contribution is 2.37. The van der Waals surface area contributed by atoms with Crippen LogP contribution in [-0.4, -0.2) is 18.6 Å². The molecule has 0 unspecified atom stereocenters. The van der Waals surface area contributed by atoms with Crippen molar-refractivity contribution in [3.05, 3.63) is 0 Å². The molecule has 0 aliphatic heterocycles. The van der Waals surface area contributed by atoms with Gasteiger partial charge in [0.05, 0.1) is 0 Å². The average molecular weight is 225 g/mol. The van der Waals surface area contributed by atoms with Crippen LogP contribution in [0.4, 0.5) is 13.2 Å². The Kier molecular flexibility index (Phi) is 3.82. The molecule has 1 N–H and O–H groups in total. The fourth-order valence-electron chi connectivity index (χ4n) is 0.667. The molecule has 0 saturated carbocycles. The molecule has 0 heterocycles. The third-order valence-electron chi connectivity index (χ3n) is 2.98. The summed E-state index contributed by atoms with van der Waals surface area (Å²) < 4.78 is 35.7. The monoisotopic (exact) mass is 225 g/mol. The Balaban J connectivity index is 4.36. The summed E-state index contributed by atoms with van der Waals surface area (Å²) in [4.78, 5) is 10.6. The second-order valence-electron chi connectivity index (χ2n) is 5.31. The Bertz CT molecular complexity index is 238.